The molecule has 0 saturated carbocycles. The summed E-state index contributed by atoms with van der Waals surface area (Å²) in [5, 5.41) is 0. The van der Waals surface area contributed by atoms with Crippen molar-refractivity contribution in [2.24, 2.45) is 0 Å². The molecule has 10 heteroatoms. The van der Waals surface area contributed by atoms with Gasteiger partial charge in [-0.15, -0.1) is 0 Å². The number of unbranched alkanes of at least 4 members (excludes halogenated alkanes) is 12. The number of hydrogen-bond acceptors (Lipinski definition) is 8. The average molecular weight is 806 g/mol. The van der Waals surface area contributed by atoms with Crippen LogP contribution in [0.2, 0.25) is 0 Å². The van der Waals surface area contributed by atoms with Crippen molar-refractivity contribution in [1.82, 2.24) is 0 Å². The topological polar surface area (TPSA) is 111 Å². The molecule has 0 bridgehead atoms. The Morgan fingerprint density at radius 2 is 1.02 bits per heavy atom. The number of nitrogens with zero attached hydrogens (tertiary/aromatic N) is 1. The third kappa shape index (κ3) is 41.1. The van der Waals surface area contributed by atoms with Gasteiger partial charge >= 0.3 is 11.9 Å². The largest absolute Gasteiger partial charge is 0.756 e. The number of allylic oxidation sites excluding steroid dienone is 12. The molecule has 2 atom stereocenters. The molecule has 0 spiro atoms. The van der Waals surface area contributed by atoms with Crippen LogP contribution in [0.1, 0.15) is 155 Å². The molecule has 2 unspecified atom stereocenters. The van der Waals surface area contributed by atoms with E-state index in [4.69, 9.17) is 18.5 Å². The lowest BCUT2D eigenvalue weighted by atomic mass is 10.1. The molecule has 0 rings (SSSR count). The zero-order chi connectivity index (χ0) is 41.4. The van der Waals surface area contributed by atoms with Crippen molar-refractivity contribution in [2.75, 3.05) is 47.5 Å². The maximum absolute atomic E-state index is 12.7. The van der Waals surface area contributed by atoms with Gasteiger partial charge in [-0.25, -0.2) is 0 Å². The predicted octanol–water partition coefficient (Wildman–Crippen LogP) is 11.6. The lowest BCUT2D eigenvalue weighted by molar-refractivity contribution is -0.870. The van der Waals surface area contributed by atoms with Crippen molar-refractivity contribution in [3.63, 3.8) is 0 Å². The first kappa shape index (κ1) is 53.5. The molecule has 0 aliphatic heterocycles. The van der Waals surface area contributed by atoms with Crippen molar-refractivity contribution < 1.29 is 42.1 Å². The summed E-state index contributed by atoms with van der Waals surface area (Å²) in [6, 6.07) is 0. The fraction of sp³-hybridized carbons (Fsp3) is 0.696. The molecule has 0 N–H and O–H groups in total. The van der Waals surface area contributed by atoms with Crippen LogP contribution in [0.4, 0.5) is 0 Å². The van der Waals surface area contributed by atoms with E-state index in [9.17, 15) is 19.0 Å². The molecule has 0 aliphatic carbocycles. The second kappa shape index (κ2) is 38.0. The van der Waals surface area contributed by atoms with Gasteiger partial charge in [-0.05, 0) is 83.5 Å². The summed E-state index contributed by atoms with van der Waals surface area (Å²) in [5.41, 5.74) is 0. The molecule has 0 radical (unpaired) electrons. The van der Waals surface area contributed by atoms with E-state index in [0.717, 1.165) is 89.9 Å². The van der Waals surface area contributed by atoms with Gasteiger partial charge in [-0.2, -0.15) is 0 Å². The summed E-state index contributed by atoms with van der Waals surface area (Å²) in [6.45, 7) is 4.01. The van der Waals surface area contributed by atoms with E-state index in [1.54, 1.807) is 0 Å². The van der Waals surface area contributed by atoms with E-state index in [1.165, 1.54) is 25.7 Å². The van der Waals surface area contributed by atoms with Crippen LogP contribution < -0.4 is 4.89 Å². The highest BCUT2D eigenvalue weighted by atomic mass is 31.2. The lowest BCUT2D eigenvalue weighted by Gasteiger charge is -2.28. The number of rotatable bonds is 38. The maximum Gasteiger partial charge on any atom is 0.306 e. The van der Waals surface area contributed by atoms with Gasteiger partial charge < -0.3 is 27.9 Å². The summed E-state index contributed by atoms with van der Waals surface area (Å²) in [6.07, 6.45) is 46.4. The number of ether oxygens (including phenoxy) is 2. The number of quaternary nitrogens is 1. The summed E-state index contributed by atoms with van der Waals surface area (Å²) in [4.78, 5) is 37.5. The Labute approximate surface area is 342 Å². The number of esters is 2. The smallest absolute Gasteiger partial charge is 0.306 e. The Hall–Kier alpha value is -2.55. The van der Waals surface area contributed by atoms with Gasteiger partial charge in [0.15, 0.2) is 6.10 Å². The Kier molecular flexibility index (Phi) is 36.3. The van der Waals surface area contributed by atoms with Crippen LogP contribution in [0.5, 0.6) is 0 Å². The van der Waals surface area contributed by atoms with Gasteiger partial charge in [-0.3, -0.25) is 14.2 Å². The fourth-order valence-electron chi connectivity index (χ4n) is 5.32. The molecule has 0 aliphatic rings. The highest BCUT2D eigenvalue weighted by molar-refractivity contribution is 7.45. The Bertz CT molecular complexity index is 1180. The van der Waals surface area contributed by atoms with E-state index < -0.39 is 32.5 Å². The zero-order valence-electron chi connectivity index (χ0n) is 36.1. The molecule has 0 amide bonds. The maximum atomic E-state index is 12.7. The number of carbonyl (C=O) groups excluding carboxylic acids is 2. The molecule has 0 saturated heterocycles. The van der Waals surface area contributed by atoms with E-state index in [0.29, 0.717) is 23.9 Å². The first-order valence-corrected chi connectivity index (χ1v) is 23.1. The summed E-state index contributed by atoms with van der Waals surface area (Å²) < 4.78 is 33.8. The first-order valence-electron chi connectivity index (χ1n) is 21.6. The van der Waals surface area contributed by atoms with Gasteiger partial charge in [0.05, 0.1) is 27.7 Å². The van der Waals surface area contributed by atoms with E-state index >= 15 is 0 Å². The van der Waals surface area contributed by atoms with E-state index in [1.807, 2.05) is 21.1 Å². The molecular weight excluding hydrogens is 725 g/mol. The van der Waals surface area contributed by atoms with Gasteiger partial charge in [0.25, 0.3) is 7.82 Å². The monoisotopic (exact) mass is 806 g/mol. The molecule has 0 aromatic rings. The zero-order valence-corrected chi connectivity index (χ0v) is 36.9. The Morgan fingerprint density at radius 3 is 1.54 bits per heavy atom. The SMILES string of the molecule is CC/C=C\C/C=C\C/C=C\CCCCCC(=O)OCC(COP(=O)([O-])OCC[N+](C)(C)C)OC(=O)CCCCCCCC/C=C\C/C=C\C/C=C\CCCCC. The number of carbonyl (C=O) groups is 2. The van der Waals surface area contributed by atoms with E-state index in [2.05, 4.69) is 86.8 Å². The average Bonchev–Trinajstić information content (AvgIpc) is 3.15. The first-order chi connectivity index (χ1) is 27.0. The minimum Gasteiger partial charge on any atom is -0.756 e. The summed E-state index contributed by atoms with van der Waals surface area (Å²) in [7, 11) is 1.13. The van der Waals surface area contributed by atoms with E-state index in [-0.39, 0.29) is 26.1 Å². The van der Waals surface area contributed by atoms with Crippen molar-refractivity contribution in [3.8, 4) is 0 Å². The molecule has 56 heavy (non-hydrogen) atoms. The molecule has 0 fully saturated rings. The van der Waals surface area contributed by atoms with Crippen LogP contribution in [0, 0.1) is 0 Å². The minimum atomic E-state index is -4.64. The quantitative estimate of drug-likeness (QED) is 0.0199. The fourth-order valence-corrected chi connectivity index (χ4v) is 6.05. The number of phosphoric ester groups is 1. The Morgan fingerprint density at radius 1 is 0.571 bits per heavy atom. The number of phosphoric acid groups is 1. The normalized spacial score (nSPS) is 14.3. The van der Waals surface area contributed by atoms with Crippen molar-refractivity contribution in [3.05, 3.63) is 72.9 Å². The molecule has 0 aromatic heterocycles. The molecular formula is C46H80NO8P. The Balaban J connectivity index is 4.43. The standard InChI is InChI=1S/C46H80NO8P/c1-6-8-10-12-14-16-18-20-21-22-23-24-25-27-29-31-33-35-37-39-46(49)55-44(43-54-56(50,51)53-41-40-47(3,4)5)42-52-45(48)38-36-34-32-30-28-26-19-17-15-13-11-9-7-2/h9,11,14-17,20-21,23-24,26,28,44H,6-8,10,12-13,18-19,22,25,27,29-43H2,1-5H3/b11-9-,16-14-,17-15-,21-20-,24-23-,28-26-. The number of likely N-dealkylation sites (N-methyl/N-ethyl adjacent to an activating group) is 1. The van der Waals surface area contributed by atoms with Crippen LogP contribution in [0.25, 0.3) is 0 Å². The number of hydrogen-bond donors (Lipinski definition) is 0. The third-order valence-corrected chi connectivity index (χ3v) is 9.67. The minimum absolute atomic E-state index is 0.0423. The van der Waals surface area contributed by atoms with Crippen LogP contribution in [0.15, 0.2) is 72.9 Å². The van der Waals surface area contributed by atoms with Gasteiger partial charge in [0, 0.05) is 12.8 Å². The van der Waals surface area contributed by atoms with Crippen LogP contribution in [-0.4, -0.2) is 70.0 Å². The second-order valence-electron chi connectivity index (χ2n) is 15.3. The molecule has 322 valence electrons. The van der Waals surface area contributed by atoms with Crippen LogP contribution in [0.3, 0.4) is 0 Å². The van der Waals surface area contributed by atoms with Crippen molar-refractivity contribution in [1.29, 1.82) is 0 Å². The van der Waals surface area contributed by atoms with Crippen molar-refractivity contribution >= 4 is 19.8 Å². The molecule has 0 heterocycles. The highest BCUT2D eigenvalue weighted by Gasteiger charge is 2.21. The third-order valence-electron chi connectivity index (χ3n) is 8.71. The molecule has 0 aromatic carbocycles. The second-order valence-corrected chi connectivity index (χ2v) is 16.7. The lowest BCUT2D eigenvalue weighted by Crippen LogP contribution is -2.37. The van der Waals surface area contributed by atoms with Gasteiger partial charge in [0.2, 0.25) is 0 Å². The van der Waals surface area contributed by atoms with Crippen molar-refractivity contribution in [2.45, 2.75) is 161 Å². The van der Waals surface area contributed by atoms with Gasteiger partial charge in [-0.1, -0.05) is 132 Å². The van der Waals surface area contributed by atoms with Crippen LogP contribution in [-0.2, 0) is 32.7 Å². The molecule has 9 nitrogen and oxygen atoms in total. The predicted molar refractivity (Wildman–Crippen MR) is 231 cm³/mol. The van der Waals surface area contributed by atoms with Gasteiger partial charge in [0.1, 0.15) is 19.8 Å². The van der Waals surface area contributed by atoms with Crippen LogP contribution >= 0.6 is 7.82 Å². The summed E-state index contributed by atoms with van der Waals surface area (Å²) in [5.74, 6) is -0.891. The highest BCUT2D eigenvalue weighted by Crippen LogP contribution is 2.38. The summed E-state index contributed by atoms with van der Waals surface area (Å²) >= 11 is 0.